The van der Waals surface area contributed by atoms with Crippen molar-refractivity contribution in [1.29, 1.82) is 0 Å². The predicted molar refractivity (Wildman–Crippen MR) is 97.7 cm³/mol. The van der Waals surface area contributed by atoms with Gasteiger partial charge in [-0.15, -0.1) is 0 Å². The molecular weight excluding hydrogens is 324 g/mol. The quantitative estimate of drug-likeness (QED) is 0.851. The number of hydrogen-bond acceptors (Lipinski definition) is 4. The van der Waals surface area contributed by atoms with E-state index >= 15 is 0 Å². The van der Waals surface area contributed by atoms with Gasteiger partial charge in [0, 0.05) is 17.6 Å². The van der Waals surface area contributed by atoms with Gasteiger partial charge in [0.05, 0.1) is 19.1 Å². The van der Waals surface area contributed by atoms with E-state index in [2.05, 4.69) is 10.6 Å². The monoisotopic (exact) mass is 346 g/mol. The van der Waals surface area contributed by atoms with Crippen LogP contribution in [-0.4, -0.2) is 27.3 Å². The second kappa shape index (κ2) is 7.97. The van der Waals surface area contributed by atoms with Crippen molar-refractivity contribution in [2.75, 3.05) is 26.6 Å². The molecule has 0 bridgehead atoms. The Balaban J connectivity index is 2.35. The van der Waals surface area contributed by atoms with Crippen LogP contribution >= 0.6 is 11.8 Å². The summed E-state index contributed by atoms with van der Waals surface area (Å²) in [5.41, 5.74) is 2.93. The third-order valence-corrected chi connectivity index (χ3v) is 4.92. The molecule has 0 unspecified atom stereocenters. The molecule has 0 saturated heterocycles. The Morgan fingerprint density at radius 3 is 2.25 bits per heavy atom. The van der Waals surface area contributed by atoms with Gasteiger partial charge in [-0.1, -0.05) is 11.8 Å². The molecule has 0 saturated carbocycles. The molecule has 0 aliphatic rings. The first-order valence-electron chi connectivity index (χ1n) is 7.48. The molecule has 0 fully saturated rings. The van der Waals surface area contributed by atoms with Gasteiger partial charge in [0.15, 0.2) is 0 Å². The van der Waals surface area contributed by atoms with Crippen LogP contribution in [0.1, 0.15) is 11.1 Å². The molecule has 0 aliphatic carbocycles. The average Bonchev–Trinajstić information content (AvgIpc) is 2.57. The largest absolute Gasteiger partial charge is 0.497 e. The van der Waals surface area contributed by atoms with Gasteiger partial charge >= 0.3 is 6.03 Å². The molecule has 2 aromatic carbocycles. The second-order valence-corrected chi connectivity index (χ2v) is 6.31. The summed E-state index contributed by atoms with van der Waals surface area (Å²) in [4.78, 5) is 13.6. The maximum Gasteiger partial charge on any atom is 0.318 e. The van der Waals surface area contributed by atoms with Gasteiger partial charge in [-0.25, -0.2) is 4.79 Å². The molecule has 0 aliphatic heterocycles. The number of amides is 2. The molecule has 128 valence electrons. The van der Waals surface area contributed by atoms with Crippen molar-refractivity contribution in [3.63, 3.8) is 0 Å². The van der Waals surface area contributed by atoms with Crippen LogP contribution < -0.4 is 20.1 Å². The highest BCUT2D eigenvalue weighted by Gasteiger charge is 2.12. The Morgan fingerprint density at radius 2 is 1.71 bits per heavy atom. The number of carbonyl (C=O) groups excluding carboxylic acids is 1. The number of hydrogen-bond donors (Lipinski definition) is 2. The highest BCUT2D eigenvalue weighted by molar-refractivity contribution is 7.99. The lowest BCUT2D eigenvalue weighted by molar-refractivity contribution is 0.254. The van der Waals surface area contributed by atoms with Gasteiger partial charge in [0.25, 0.3) is 0 Å². The van der Waals surface area contributed by atoms with E-state index in [0.29, 0.717) is 0 Å². The first kappa shape index (κ1) is 18.0. The third-order valence-electron chi connectivity index (χ3n) is 3.53. The van der Waals surface area contributed by atoms with E-state index < -0.39 is 0 Å². The minimum absolute atomic E-state index is 0.233. The minimum Gasteiger partial charge on any atom is -0.497 e. The highest BCUT2D eigenvalue weighted by atomic mass is 32.2. The molecule has 5 nitrogen and oxygen atoms in total. The van der Waals surface area contributed by atoms with Crippen LogP contribution in [0.25, 0.3) is 0 Å². The van der Waals surface area contributed by atoms with E-state index in [0.717, 1.165) is 38.1 Å². The van der Waals surface area contributed by atoms with Crippen LogP contribution in [0.2, 0.25) is 0 Å². The van der Waals surface area contributed by atoms with Gasteiger partial charge in [-0.3, -0.25) is 0 Å². The number of anilines is 1. The SMILES string of the molecule is CNC(=O)Nc1cc(C)c(Sc2cc(OC)ccc2OC)c(C)c1. The Kier molecular flexibility index (Phi) is 5.98. The van der Waals surface area contributed by atoms with E-state index in [1.54, 1.807) is 33.0 Å². The molecule has 0 radical (unpaired) electrons. The molecule has 0 spiro atoms. The number of urea groups is 1. The lowest BCUT2D eigenvalue weighted by Crippen LogP contribution is -2.24. The average molecular weight is 346 g/mol. The topological polar surface area (TPSA) is 59.6 Å². The molecule has 2 aromatic rings. The van der Waals surface area contributed by atoms with Crippen LogP contribution in [0.4, 0.5) is 10.5 Å². The molecule has 0 atom stereocenters. The maximum absolute atomic E-state index is 11.5. The zero-order valence-corrected chi connectivity index (χ0v) is 15.3. The molecule has 2 amide bonds. The van der Waals surface area contributed by atoms with Crippen molar-refractivity contribution >= 4 is 23.5 Å². The zero-order valence-electron chi connectivity index (χ0n) is 14.5. The number of carbonyl (C=O) groups is 1. The standard InChI is InChI=1S/C18H22N2O3S/c1-11-8-13(20-18(21)19-3)9-12(2)17(11)24-16-10-14(22-4)6-7-15(16)23-5/h6-10H,1-5H3,(H2,19,20,21). The Hall–Kier alpha value is -2.34. The molecule has 0 aromatic heterocycles. The first-order chi connectivity index (χ1) is 11.5. The molecule has 0 heterocycles. The van der Waals surface area contributed by atoms with Crippen LogP contribution in [0.3, 0.4) is 0 Å². The molecule has 6 heteroatoms. The van der Waals surface area contributed by atoms with E-state index in [-0.39, 0.29) is 6.03 Å². The van der Waals surface area contributed by atoms with Crippen LogP contribution in [0.15, 0.2) is 40.1 Å². The number of methoxy groups -OCH3 is 2. The van der Waals surface area contributed by atoms with Gasteiger partial charge in [0.1, 0.15) is 11.5 Å². The number of nitrogens with one attached hydrogen (secondary N) is 2. The number of rotatable bonds is 5. The predicted octanol–water partition coefficient (Wildman–Crippen LogP) is 4.22. The molecular formula is C18H22N2O3S. The normalized spacial score (nSPS) is 10.2. The summed E-state index contributed by atoms with van der Waals surface area (Å²) in [5, 5.41) is 5.35. The van der Waals surface area contributed by atoms with Crippen molar-refractivity contribution < 1.29 is 14.3 Å². The second-order valence-electron chi connectivity index (χ2n) is 5.26. The van der Waals surface area contributed by atoms with E-state index in [4.69, 9.17) is 9.47 Å². The zero-order chi connectivity index (χ0) is 17.7. The van der Waals surface area contributed by atoms with Crippen molar-refractivity contribution in [2.45, 2.75) is 23.6 Å². The van der Waals surface area contributed by atoms with Crippen LogP contribution in [-0.2, 0) is 0 Å². The first-order valence-corrected chi connectivity index (χ1v) is 8.30. The fourth-order valence-electron chi connectivity index (χ4n) is 2.35. The van der Waals surface area contributed by atoms with Gasteiger partial charge in [0.2, 0.25) is 0 Å². The van der Waals surface area contributed by atoms with Gasteiger partial charge in [-0.2, -0.15) is 0 Å². The third kappa shape index (κ3) is 4.14. The molecule has 24 heavy (non-hydrogen) atoms. The summed E-state index contributed by atoms with van der Waals surface area (Å²) in [6, 6.07) is 9.41. The van der Waals surface area contributed by atoms with Crippen LogP contribution in [0.5, 0.6) is 11.5 Å². The van der Waals surface area contributed by atoms with Crippen LogP contribution in [0, 0.1) is 13.8 Å². The van der Waals surface area contributed by atoms with Crippen molar-refractivity contribution in [1.82, 2.24) is 5.32 Å². The number of aryl methyl sites for hydroxylation is 2. The minimum atomic E-state index is -0.233. The number of benzene rings is 2. The maximum atomic E-state index is 11.5. The van der Waals surface area contributed by atoms with E-state index in [1.807, 2.05) is 44.2 Å². The summed E-state index contributed by atoms with van der Waals surface area (Å²) in [6.45, 7) is 4.05. The van der Waals surface area contributed by atoms with E-state index in [9.17, 15) is 4.79 Å². The van der Waals surface area contributed by atoms with Crippen molar-refractivity contribution in [3.8, 4) is 11.5 Å². The summed E-state index contributed by atoms with van der Waals surface area (Å²) >= 11 is 1.62. The highest BCUT2D eigenvalue weighted by Crippen LogP contribution is 2.40. The van der Waals surface area contributed by atoms with Gasteiger partial charge in [-0.05, 0) is 55.3 Å². The van der Waals surface area contributed by atoms with Crippen molar-refractivity contribution in [2.24, 2.45) is 0 Å². The summed E-state index contributed by atoms with van der Waals surface area (Å²) in [6.07, 6.45) is 0. The fourth-order valence-corrected chi connectivity index (χ4v) is 3.44. The smallest absolute Gasteiger partial charge is 0.318 e. The fraction of sp³-hybridized carbons (Fsp3) is 0.278. The molecule has 2 N–H and O–H groups in total. The van der Waals surface area contributed by atoms with Crippen molar-refractivity contribution in [3.05, 3.63) is 41.5 Å². The number of ether oxygens (including phenoxy) is 2. The molecule has 2 rings (SSSR count). The summed E-state index contributed by atoms with van der Waals surface area (Å²) in [5.74, 6) is 1.58. The summed E-state index contributed by atoms with van der Waals surface area (Å²) in [7, 11) is 4.89. The lowest BCUT2D eigenvalue weighted by atomic mass is 10.1. The lowest BCUT2D eigenvalue weighted by Gasteiger charge is -2.15. The Bertz CT molecular complexity index is 724. The van der Waals surface area contributed by atoms with E-state index in [1.165, 1.54) is 0 Å². The Morgan fingerprint density at radius 1 is 1.04 bits per heavy atom. The summed E-state index contributed by atoms with van der Waals surface area (Å²) < 4.78 is 10.8. The van der Waals surface area contributed by atoms with Gasteiger partial charge < -0.3 is 20.1 Å². The Labute approximate surface area is 146 Å².